The Hall–Kier alpha value is -1.28. The standard InChI is InChI=1S/C12H14F3NO3S/c1-16-7-5-9-3-2-4-11(10(9)6-8-16)19-20(17,18)12(13,14)15/h2-4H,5-8H2,1H3. The lowest BCUT2D eigenvalue weighted by Crippen LogP contribution is -2.28. The third kappa shape index (κ3) is 3.06. The minimum atomic E-state index is -5.62. The first-order chi connectivity index (χ1) is 9.21. The van der Waals surface area contributed by atoms with E-state index < -0.39 is 15.6 Å². The Balaban J connectivity index is 2.36. The SMILES string of the molecule is CN1CCc2cccc(OS(=O)(=O)C(F)(F)F)c2CC1. The van der Waals surface area contributed by atoms with Gasteiger partial charge in [-0.3, -0.25) is 0 Å². The molecule has 0 saturated heterocycles. The van der Waals surface area contributed by atoms with E-state index in [0.717, 1.165) is 12.1 Å². The summed E-state index contributed by atoms with van der Waals surface area (Å²) in [6, 6.07) is 4.54. The molecule has 0 unspecified atom stereocenters. The van der Waals surface area contributed by atoms with Crippen molar-refractivity contribution in [3.05, 3.63) is 29.3 Å². The van der Waals surface area contributed by atoms with Crippen LogP contribution in [-0.2, 0) is 23.0 Å². The van der Waals surface area contributed by atoms with Gasteiger partial charge in [-0.05, 0) is 31.5 Å². The lowest BCUT2D eigenvalue weighted by molar-refractivity contribution is -0.0500. The maximum absolute atomic E-state index is 12.4. The smallest absolute Gasteiger partial charge is 0.376 e. The minimum absolute atomic E-state index is 0.227. The highest BCUT2D eigenvalue weighted by atomic mass is 32.2. The molecule has 0 atom stereocenters. The summed E-state index contributed by atoms with van der Waals surface area (Å²) in [5.41, 5.74) is -4.06. The fraction of sp³-hybridized carbons (Fsp3) is 0.500. The summed E-state index contributed by atoms with van der Waals surface area (Å²) in [4.78, 5) is 2.03. The molecule has 0 bridgehead atoms. The third-order valence-electron chi connectivity index (χ3n) is 3.22. The van der Waals surface area contributed by atoms with Gasteiger partial charge in [0.1, 0.15) is 5.75 Å². The van der Waals surface area contributed by atoms with E-state index in [4.69, 9.17) is 0 Å². The highest BCUT2D eigenvalue weighted by Crippen LogP contribution is 2.31. The van der Waals surface area contributed by atoms with Gasteiger partial charge in [-0.15, -0.1) is 0 Å². The van der Waals surface area contributed by atoms with E-state index in [9.17, 15) is 21.6 Å². The molecular weight excluding hydrogens is 295 g/mol. The molecule has 1 aromatic carbocycles. The average Bonchev–Trinajstić information content (AvgIpc) is 2.51. The highest BCUT2D eigenvalue weighted by molar-refractivity contribution is 7.88. The number of halogens is 3. The van der Waals surface area contributed by atoms with Crippen LogP contribution in [0.4, 0.5) is 13.2 Å². The zero-order chi connectivity index (χ0) is 15.0. The molecule has 0 amide bonds. The molecule has 0 saturated carbocycles. The highest BCUT2D eigenvalue weighted by Gasteiger charge is 2.48. The molecule has 20 heavy (non-hydrogen) atoms. The summed E-state index contributed by atoms with van der Waals surface area (Å²) in [7, 11) is -3.72. The summed E-state index contributed by atoms with van der Waals surface area (Å²) in [6.45, 7) is 1.40. The summed E-state index contributed by atoms with van der Waals surface area (Å²) in [5, 5.41) is 0. The van der Waals surface area contributed by atoms with Gasteiger partial charge >= 0.3 is 15.6 Å². The Bertz CT molecular complexity index is 598. The number of fused-ring (bicyclic) bond motifs is 1. The van der Waals surface area contributed by atoms with Crippen molar-refractivity contribution in [2.75, 3.05) is 20.1 Å². The molecule has 1 heterocycles. The maximum Gasteiger partial charge on any atom is 0.534 e. The Morgan fingerprint density at radius 2 is 1.85 bits per heavy atom. The van der Waals surface area contributed by atoms with Crippen LogP contribution in [0, 0.1) is 0 Å². The van der Waals surface area contributed by atoms with Crippen molar-refractivity contribution in [1.29, 1.82) is 0 Å². The van der Waals surface area contributed by atoms with Crippen LogP contribution in [-0.4, -0.2) is 39.0 Å². The Kier molecular flexibility index (Phi) is 3.97. The molecule has 0 N–H and O–H groups in total. The first-order valence-corrected chi connectivity index (χ1v) is 7.41. The second kappa shape index (κ2) is 5.25. The van der Waals surface area contributed by atoms with Crippen molar-refractivity contribution < 1.29 is 25.8 Å². The van der Waals surface area contributed by atoms with Crippen molar-refractivity contribution >= 4 is 10.1 Å². The maximum atomic E-state index is 12.4. The lowest BCUT2D eigenvalue weighted by Gasteiger charge is -2.14. The fourth-order valence-corrected chi connectivity index (χ4v) is 2.59. The Morgan fingerprint density at radius 1 is 1.20 bits per heavy atom. The fourth-order valence-electron chi connectivity index (χ4n) is 2.10. The average molecular weight is 309 g/mol. The molecular formula is C12H14F3NO3S. The normalized spacial score (nSPS) is 17.4. The van der Waals surface area contributed by atoms with E-state index >= 15 is 0 Å². The van der Waals surface area contributed by atoms with Gasteiger partial charge in [-0.1, -0.05) is 12.1 Å². The molecule has 112 valence electrons. The molecule has 8 heteroatoms. The van der Waals surface area contributed by atoms with Gasteiger partial charge in [0.25, 0.3) is 0 Å². The molecule has 0 aromatic heterocycles. The third-order valence-corrected chi connectivity index (χ3v) is 4.19. The zero-order valence-corrected chi connectivity index (χ0v) is 11.6. The molecule has 1 aliphatic rings. The number of hydrogen-bond acceptors (Lipinski definition) is 4. The molecule has 2 rings (SSSR count). The molecule has 0 radical (unpaired) electrons. The topological polar surface area (TPSA) is 46.6 Å². The number of hydrogen-bond donors (Lipinski definition) is 0. The number of nitrogens with zero attached hydrogens (tertiary/aromatic N) is 1. The van der Waals surface area contributed by atoms with Crippen molar-refractivity contribution in [1.82, 2.24) is 4.90 Å². The van der Waals surface area contributed by atoms with Crippen LogP contribution in [0.2, 0.25) is 0 Å². The van der Waals surface area contributed by atoms with Gasteiger partial charge in [-0.25, -0.2) is 0 Å². The summed E-state index contributed by atoms with van der Waals surface area (Å²) < 4.78 is 63.6. The van der Waals surface area contributed by atoms with E-state index in [1.807, 2.05) is 11.9 Å². The quantitative estimate of drug-likeness (QED) is 0.619. The molecule has 4 nitrogen and oxygen atoms in total. The van der Waals surface area contributed by atoms with Crippen molar-refractivity contribution in [3.63, 3.8) is 0 Å². The van der Waals surface area contributed by atoms with E-state index in [0.29, 0.717) is 24.9 Å². The van der Waals surface area contributed by atoms with Gasteiger partial charge in [0.15, 0.2) is 0 Å². The molecule has 0 fully saturated rings. The molecule has 1 aromatic rings. The number of alkyl halides is 3. The van der Waals surface area contributed by atoms with Gasteiger partial charge < -0.3 is 9.08 Å². The number of likely N-dealkylation sites (N-methyl/N-ethyl adjacent to an activating group) is 1. The molecule has 1 aliphatic heterocycles. The van der Waals surface area contributed by atoms with Crippen LogP contribution in [0.5, 0.6) is 5.75 Å². The lowest BCUT2D eigenvalue weighted by atomic mass is 10.0. The number of rotatable bonds is 2. The summed E-state index contributed by atoms with van der Waals surface area (Å²) in [6.07, 6.45) is 1.10. The van der Waals surface area contributed by atoms with E-state index in [2.05, 4.69) is 4.18 Å². The Labute approximate surface area is 115 Å². The van der Waals surface area contributed by atoms with Crippen LogP contribution in [0.1, 0.15) is 11.1 Å². The van der Waals surface area contributed by atoms with Crippen LogP contribution >= 0.6 is 0 Å². The van der Waals surface area contributed by atoms with Crippen molar-refractivity contribution in [3.8, 4) is 5.75 Å². The predicted octanol–water partition coefficient (Wildman–Crippen LogP) is 1.95. The van der Waals surface area contributed by atoms with Crippen LogP contribution < -0.4 is 4.18 Å². The van der Waals surface area contributed by atoms with Gasteiger partial charge in [0.2, 0.25) is 0 Å². The van der Waals surface area contributed by atoms with E-state index in [1.165, 1.54) is 12.1 Å². The summed E-state index contributed by atoms with van der Waals surface area (Å²) >= 11 is 0. The zero-order valence-electron chi connectivity index (χ0n) is 10.8. The largest absolute Gasteiger partial charge is 0.534 e. The van der Waals surface area contributed by atoms with Gasteiger partial charge in [0.05, 0.1) is 0 Å². The second-order valence-electron chi connectivity index (χ2n) is 4.68. The van der Waals surface area contributed by atoms with Crippen LogP contribution in [0.3, 0.4) is 0 Å². The summed E-state index contributed by atoms with van der Waals surface area (Å²) in [5.74, 6) is -0.227. The van der Waals surface area contributed by atoms with E-state index in [-0.39, 0.29) is 5.75 Å². The Morgan fingerprint density at radius 3 is 2.50 bits per heavy atom. The van der Waals surface area contributed by atoms with Crippen LogP contribution in [0.25, 0.3) is 0 Å². The predicted molar refractivity (Wildman–Crippen MR) is 66.9 cm³/mol. The minimum Gasteiger partial charge on any atom is -0.376 e. The molecule has 0 aliphatic carbocycles. The molecule has 0 spiro atoms. The second-order valence-corrected chi connectivity index (χ2v) is 6.22. The van der Waals surface area contributed by atoms with Crippen molar-refractivity contribution in [2.24, 2.45) is 0 Å². The van der Waals surface area contributed by atoms with Gasteiger partial charge in [-0.2, -0.15) is 21.6 Å². The van der Waals surface area contributed by atoms with E-state index in [1.54, 1.807) is 6.07 Å². The number of benzene rings is 1. The monoisotopic (exact) mass is 309 g/mol. The first-order valence-electron chi connectivity index (χ1n) is 6.01. The van der Waals surface area contributed by atoms with Crippen LogP contribution in [0.15, 0.2) is 18.2 Å². The van der Waals surface area contributed by atoms with Crippen molar-refractivity contribution in [2.45, 2.75) is 18.3 Å². The first kappa shape index (κ1) is 15.1. The van der Waals surface area contributed by atoms with Gasteiger partial charge in [0, 0.05) is 18.7 Å².